The fourth-order valence-electron chi connectivity index (χ4n) is 3.55. The van der Waals surface area contributed by atoms with E-state index in [2.05, 4.69) is 15.0 Å². The molecule has 0 atom stereocenters. The van der Waals surface area contributed by atoms with Crippen molar-refractivity contribution < 1.29 is 22.4 Å². The number of benzene rings is 2. The largest absolute Gasteiger partial charge is 0.495 e. The molecular weight excluding hydrogens is 472 g/mol. The first-order chi connectivity index (χ1) is 16.7. The molecule has 2 aromatic heterocycles. The number of aryl methyl sites for hydroxylation is 2. The maximum Gasteiger partial charge on any atom is 0.271 e. The summed E-state index contributed by atoms with van der Waals surface area (Å²) in [5.74, 6) is 1.23. The Labute approximate surface area is 202 Å². The highest BCUT2D eigenvalue weighted by atomic mass is 32.2. The Bertz CT molecular complexity index is 1510. The molecule has 182 valence electrons. The molecule has 0 amide bonds. The Morgan fingerprint density at radius 1 is 1.06 bits per heavy atom. The third-order valence-corrected chi connectivity index (χ3v) is 6.58. The lowest BCUT2D eigenvalue weighted by atomic mass is 10.1. The number of ether oxygens (including phenoxy) is 2. The fraction of sp³-hybridized carbons (Fsp3) is 0.208. The summed E-state index contributed by atoms with van der Waals surface area (Å²) in [6.45, 7) is 5.76. The van der Waals surface area contributed by atoms with Gasteiger partial charge in [-0.1, -0.05) is 5.16 Å². The summed E-state index contributed by atoms with van der Waals surface area (Å²) in [6.07, 6.45) is 0. The minimum absolute atomic E-state index is 0.0803. The van der Waals surface area contributed by atoms with E-state index in [4.69, 9.17) is 14.0 Å². The van der Waals surface area contributed by atoms with Crippen molar-refractivity contribution in [2.75, 3.05) is 18.4 Å². The summed E-state index contributed by atoms with van der Waals surface area (Å²) in [7, 11) is -2.63. The van der Waals surface area contributed by atoms with E-state index in [-0.39, 0.29) is 16.2 Å². The Morgan fingerprint density at radius 2 is 1.80 bits per heavy atom. The summed E-state index contributed by atoms with van der Waals surface area (Å²) in [6, 6.07) is 14.1. The van der Waals surface area contributed by atoms with Crippen molar-refractivity contribution in [3.05, 3.63) is 76.4 Å². The summed E-state index contributed by atoms with van der Waals surface area (Å²) < 4.78 is 46.1. The van der Waals surface area contributed by atoms with Crippen molar-refractivity contribution in [1.29, 1.82) is 0 Å². The van der Waals surface area contributed by atoms with Crippen LogP contribution in [0.5, 0.6) is 11.5 Å². The Kier molecular flexibility index (Phi) is 6.61. The number of nitrogens with one attached hydrogen (secondary N) is 1. The van der Waals surface area contributed by atoms with Crippen LogP contribution in [0.25, 0.3) is 16.9 Å². The molecular formula is C24H24N4O6S. The van der Waals surface area contributed by atoms with Gasteiger partial charge in [0, 0.05) is 17.3 Å². The Balaban J connectivity index is 1.74. The lowest BCUT2D eigenvalue weighted by Crippen LogP contribution is -2.21. The second kappa shape index (κ2) is 9.63. The molecule has 4 aromatic rings. The summed E-state index contributed by atoms with van der Waals surface area (Å²) >= 11 is 0. The van der Waals surface area contributed by atoms with Crippen LogP contribution in [-0.4, -0.2) is 37.1 Å². The minimum Gasteiger partial charge on any atom is -0.495 e. The van der Waals surface area contributed by atoms with E-state index in [0.29, 0.717) is 46.4 Å². The van der Waals surface area contributed by atoms with E-state index < -0.39 is 10.0 Å². The highest BCUT2D eigenvalue weighted by Gasteiger charge is 2.22. The smallest absolute Gasteiger partial charge is 0.271 e. The molecule has 0 aliphatic rings. The molecule has 4 rings (SSSR count). The minimum atomic E-state index is -4.02. The first-order valence-electron chi connectivity index (χ1n) is 10.7. The normalized spacial score (nSPS) is 11.3. The van der Waals surface area contributed by atoms with Crippen molar-refractivity contribution >= 4 is 15.7 Å². The second-order valence-corrected chi connectivity index (χ2v) is 9.22. The quantitative estimate of drug-likeness (QED) is 0.391. The van der Waals surface area contributed by atoms with E-state index >= 15 is 0 Å². The zero-order valence-corrected chi connectivity index (χ0v) is 20.4. The van der Waals surface area contributed by atoms with Crippen LogP contribution in [-0.2, 0) is 10.0 Å². The van der Waals surface area contributed by atoms with Crippen molar-refractivity contribution in [1.82, 2.24) is 14.9 Å². The van der Waals surface area contributed by atoms with Crippen LogP contribution in [0.2, 0.25) is 0 Å². The predicted molar refractivity (Wildman–Crippen MR) is 130 cm³/mol. The molecule has 0 spiro atoms. The zero-order chi connectivity index (χ0) is 25.2. The number of hydrogen-bond acceptors (Lipinski definition) is 8. The van der Waals surface area contributed by atoms with Gasteiger partial charge in [0.2, 0.25) is 0 Å². The van der Waals surface area contributed by atoms with Gasteiger partial charge >= 0.3 is 0 Å². The molecule has 11 heteroatoms. The summed E-state index contributed by atoms with van der Waals surface area (Å²) in [5, 5.41) is 8.30. The fourth-order valence-corrected chi connectivity index (χ4v) is 4.80. The molecule has 0 aliphatic carbocycles. The Morgan fingerprint density at radius 3 is 2.43 bits per heavy atom. The van der Waals surface area contributed by atoms with Crippen LogP contribution >= 0.6 is 0 Å². The molecule has 35 heavy (non-hydrogen) atoms. The molecule has 0 aliphatic heterocycles. The van der Waals surface area contributed by atoms with Gasteiger partial charge in [-0.15, -0.1) is 0 Å². The summed E-state index contributed by atoms with van der Waals surface area (Å²) in [4.78, 5) is 12.4. The van der Waals surface area contributed by atoms with Gasteiger partial charge in [0.25, 0.3) is 15.6 Å². The molecule has 0 bridgehead atoms. The average Bonchev–Trinajstić information content (AvgIpc) is 3.18. The van der Waals surface area contributed by atoms with E-state index in [0.717, 1.165) is 0 Å². The number of methoxy groups -OCH3 is 1. The number of anilines is 1. The molecule has 2 aromatic carbocycles. The van der Waals surface area contributed by atoms with Gasteiger partial charge in [-0.05, 0) is 69.3 Å². The van der Waals surface area contributed by atoms with Gasteiger partial charge in [-0.2, -0.15) is 9.78 Å². The third kappa shape index (κ3) is 4.90. The van der Waals surface area contributed by atoms with Crippen LogP contribution in [0.15, 0.2) is 68.8 Å². The second-order valence-electron chi connectivity index (χ2n) is 7.57. The maximum atomic E-state index is 13.3. The molecule has 10 nitrogen and oxygen atoms in total. The van der Waals surface area contributed by atoms with Crippen molar-refractivity contribution in [2.45, 2.75) is 25.7 Å². The van der Waals surface area contributed by atoms with E-state index in [1.807, 2.05) is 6.92 Å². The number of rotatable bonds is 8. The lowest BCUT2D eigenvalue weighted by molar-refractivity contribution is 0.340. The molecule has 2 heterocycles. The van der Waals surface area contributed by atoms with Crippen LogP contribution in [0.1, 0.15) is 18.4 Å². The zero-order valence-electron chi connectivity index (χ0n) is 19.6. The molecule has 0 saturated carbocycles. The van der Waals surface area contributed by atoms with Crippen molar-refractivity contribution in [3.8, 4) is 28.4 Å². The SMILES string of the molecule is CCOc1ccc(NS(=O)(=O)c2cc(-c3ccc(=O)n(-c4c(C)noc4C)n3)ccc2OC)cc1. The third-order valence-electron chi connectivity index (χ3n) is 5.17. The van der Waals surface area contributed by atoms with Gasteiger partial charge in [-0.3, -0.25) is 9.52 Å². The number of hydrogen-bond donors (Lipinski definition) is 1. The van der Waals surface area contributed by atoms with E-state index in [1.54, 1.807) is 44.2 Å². The van der Waals surface area contributed by atoms with Crippen LogP contribution in [0.4, 0.5) is 5.69 Å². The van der Waals surface area contributed by atoms with Gasteiger partial charge in [0.15, 0.2) is 5.76 Å². The molecule has 0 radical (unpaired) electrons. The van der Waals surface area contributed by atoms with E-state index in [1.165, 1.54) is 36.1 Å². The van der Waals surface area contributed by atoms with Crippen LogP contribution in [0, 0.1) is 13.8 Å². The first kappa shape index (κ1) is 24.0. The predicted octanol–water partition coefficient (Wildman–Crippen LogP) is 3.71. The van der Waals surface area contributed by atoms with Gasteiger partial charge in [0.05, 0.1) is 19.4 Å². The van der Waals surface area contributed by atoms with Gasteiger partial charge in [0.1, 0.15) is 27.8 Å². The van der Waals surface area contributed by atoms with E-state index in [9.17, 15) is 13.2 Å². The molecule has 0 fully saturated rings. The van der Waals surface area contributed by atoms with Gasteiger partial charge < -0.3 is 14.0 Å². The number of nitrogens with zero attached hydrogens (tertiary/aromatic N) is 3. The van der Waals surface area contributed by atoms with Gasteiger partial charge in [-0.25, -0.2) is 8.42 Å². The van der Waals surface area contributed by atoms with Crippen molar-refractivity contribution in [3.63, 3.8) is 0 Å². The maximum absolute atomic E-state index is 13.3. The first-order valence-corrected chi connectivity index (χ1v) is 12.2. The Hall–Kier alpha value is -4.12. The molecule has 0 unspecified atom stereocenters. The monoisotopic (exact) mass is 496 g/mol. The van der Waals surface area contributed by atoms with Crippen LogP contribution < -0.4 is 19.8 Å². The summed E-state index contributed by atoms with van der Waals surface area (Å²) in [5.41, 5.74) is 1.79. The topological polar surface area (TPSA) is 126 Å². The highest BCUT2D eigenvalue weighted by molar-refractivity contribution is 7.92. The lowest BCUT2D eigenvalue weighted by Gasteiger charge is -2.14. The highest BCUT2D eigenvalue weighted by Crippen LogP contribution is 2.31. The molecule has 1 N–H and O–H groups in total. The average molecular weight is 497 g/mol. The molecule has 0 saturated heterocycles. The number of aromatic nitrogens is 3. The standard InChI is InChI=1S/C24H24N4O6S/c1-5-33-19-9-7-18(8-10-19)27-35(30,31)22-14-17(6-12-21(22)32-4)20-11-13-23(29)28(25-20)24-15(2)26-34-16(24)3/h6-14,27H,5H2,1-4H3. The van der Waals surface area contributed by atoms with Crippen LogP contribution in [0.3, 0.4) is 0 Å². The number of sulfonamides is 1. The van der Waals surface area contributed by atoms with Crippen molar-refractivity contribution in [2.24, 2.45) is 0 Å².